The Hall–Kier alpha value is -1.46. The average molecular weight is 453 g/mol. The molecule has 0 aromatic heterocycles. The highest BCUT2D eigenvalue weighted by molar-refractivity contribution is 5.75. The Morgan fingerprint density at radius 3 is 2.16 bits per heavy atom. The number of rotatable bonds is 6. The molecule has 14 nitrogen and oxygen atoms in total. The van der Waals surface area contributed by atoms with Crippen molar-refractivity contribution in [2.45, 2.75) is 81.0 Å². The first-order chi connectivity index (χ1) is 14.5. The van der Waals surface area contributed by atoms with Gasteiger partial charge in [0.25, 0.3) is 5.79 Å². The van der Waals surface area contributed by atoms with Gasteiger partial charge >= 0.3 is 5.97 Å². The van der Waals surface area contributed by atoms with E-state index in [-0.39, 0.29) is 0 Å². The summed E-state index contributed by atoms with van der Waals surface area (Å²) in [4.78, 5) is 23.1. The van der Waals surface area contributed by atoms with E-state index in [4.69, 9.17) is 23.7 Å². The number of aliphatic carboxylic acids is 1. The molecule has 3 fully saturated rings. The van der Waals surface area contributed by atoms with Gasteiger partial charge in [-0.05, 0) is 0 Å². The molecule has 0 aromatic carbocycles. The fourth-order valence-corrected chi connectivity index (χ4v) is 3.85. The quantitative estimate of drug-likeness (QED) is 0.203. The second-order valence-electron chi connectivity index (χ2n) is 7.70. The number of hydrogen-bond acceptors (Lipinski definition) is 12. The molecule has 3 rings (SSSR count). The molecule has 3 heterocycles. The molecule has 7 N–H and O–H groups in total. The van der Waals surface area contributed by atoms with Gasteiger partial charge in [0, 0.05) is 13.8 Å². The highest BCUT2D eigenvalue weighted by Crippen LogP contribution is 2.39. The molecule has 178 valence electrons. The van der Waals surface area contributed by atoms with Crippen LogP contribution in [0.5, 0.6) is 0 Å². The van der Waals surface area contributed by atoms with Crippen molar-refractivity contribution < 1.29 is 63.9 Å². The van der Waals surface area contributed by atoms with E-state index >= 15 is 0 Å². The number of carboxylic acid groups (broad SMARTS) is 1. The Balaban J connectivity index is 1.87. The van der Waals surface area contributed by atoms with Crippen LogP contribution in [0, 0.1) is 0 Å². The normalized spacial score (nSPS) is 47.6. The molecule has 0 bridgehead atoms. The van der Waals surface area contributed by atoms with Gasteiger partial charge in [-0.2, -0.15) is 0 Å². The van der Waals surface area contributed by atoms with E-state index < -0.39 is 92.2 Å². The van der Waals surface area contributed by atoms with E-state index in [0.29, 0.717) is 0 Å². The lowest BCUT2D eigenvalue weighted by atomic mass is 9.96. The Bertz CT molecular complexity index is 678. The van der Waals surface area contributed by atoms with Crippen LogP contribution >= 0.6 is 0 Å². The van der Waals surface area contributed by atoms with Crippen molar-refractivity contribution in [3.8, 4) is 0 Å². The first kappa shape index (κ1) is 24.2. The van der Waals surface area contributed by atoms with Crippen LogP contribution < -0.4 is 5.32 Å². The van der Waals surface area contributed by atoms with Crippen molar-refractivity contribution in [3.63, 3.8) is 0 Å². The average Bonchev–Trinajstić information content (AvgIpc) is 3.07. The smallest absolute Gasteiger partial charge is 0.364 e. The number of ether oxygens (including phenoxy) is 5. The molecule has 11 atom stereocenters. The van der Waals surface area contributed by atoms with Gasteiger partial charge in [-0.3, -0.25) is 4.79 Å². The fourth-order valence-electron chi connectivity index (χ4n) is 3.85. The van der Waals surface area contributed by atoms with Gasteiger partial charge in [-0.15, -0.1) is 0 Å². The molecular weight excluding hydrogens is 426 g/mol. The van der Waals surface area contributed by atoms with Crippen LogP contribution in [0.3, 0.4) is 0 Å². The molecule has 3 saturated heterocycles. The van der Waals surface area contributed by atoms with E-state index in [1.54, 1.807) is 0 Å². The summed E-state index contributed by atoms with van der Waals surface area (Å²) in [7, 11) is 0. The molecular formula is C17H27NO13. The number of amides is 1. The third kappa shape index (κ3) is 4.54. The topological polar surface area (TPSA) is 214 Å². The van der Waals surface area contributed by atoms with E-state index in [2.05, 4.69) is 5.32 Å². The van der Waals surface area contributed by atoms with Crippen LogP contribution in [0.4, 0.5) is 0 Å². The van der Waals surface area contributed by atoms with Crippen LogP contribution in [0.1, 0.15) is 13.8 Å². The summed E-state index contributed by atoms with van der Waals surface area (Å²) in [5.41, 5.74) is 0. The van der Waals surface area contributed by atoms with Crippen LogP contribution in [-0.2, 0) is 33.3 Å². The molecule has 0 aliphatic carbocycles. The third-order valence-electron chi connectivity index (χ3n) is 5.44. The van der Waals surface area contributed by atoms with Gasteiger partial charge in [-0.25, -0.2) is 4.79 Å². The highest BCUT2D eigenvalue weighted by Gasteiger charge is 2.60. The molecule has 1 amide bonds. The van der Waals surface area contributed by atoms with Crippen LogP contribution in [0.2, 0.25) is 0 Å². The summed E-state index contributed by atoms with van der Waals surface area (Å²) in [5.74, 6) is -4.17. The van der Waals surface area contributed by atoms with Gasteiger partial charge < -0.3 is 59.6 Å². The Labute approximate surface area is 176 Å². The van der Waals surface area contributed by atoms with Gasteiger partial charge in [0.05, 0.1) is 13.2 Å². The molecule has 0 radical (unpaired) electrons. The maximum absolute atomic E-state index is 11.6. The van der Waals surface area contributed by atoms with E-state index in [0.717, 1.165) is 13.8 Å². The van der Waals surface area contributed by atoms with Crippen molar-refractivity contribution in [1.82, 2.24) is 5.32 Å². The van der Waals surface area contributed by atoms with Gasteiger partial charge in [0.2, 0.25) is 5.91 Å². The number of aliphatic hydroxyl groups excluding tert-OH is 5. The number of carboxylic acids is 1. The minimum Gasteiger partial charge on any atom is -0.477 e. The lowest BCUT2D eigenvalue weighted by Gasteiger charge is -2.46. The van der Waals surface area contributed by atoms with Crippen LogP contribution in [0.25, 0.3) is 0 Å². The second-order valence-corrected chi connectivity index (χ2v) is 7.70. The maximum atomic E-state index is 11.6. The summed E-state index contributed by atoms with van der Waals surface area (Å²) in [6.45, 7) is 0.978. The molecule has 0 saturated carbocycles. The molecule has 0 spiro atoms. The Morgan fingerprint density at radius 1 is 1.00 bits per heavy atom. The van der Waals surface area contributed by atoms with Crippen molar-refractivity contribution in [2.24, 2.45) is 0 Å². The Morgan fingerprint density at radius 2 is 1.61 bits per heavy atom. The van der Waals surface area contributed by atoms with E-state index in [1.807, 2.05) is 0 Å². The van der Waals surface area contributed by atoms with Crippen molar-refractivity contribution >= 4 is 11.9 Å². The zero-order valence-electron chi connectivity index (χ0n) is 16.7. The minimum absolute atomic E-state index is 0.589. The van der Waals surface area contributed by atoms with Gasteiger partial charge in [0.1, 0.15) is 48.8 Å². The first-order valence-corrected chi connectivity index (χ1v) is 9.60. The van der Waals surface area contributed by atoms with Crippen LogP contribution in [0.15, 0.2) is 0 Å². The van der Waals surface area contributed by atoms with Crippen molar-refractivity contribution in [3.05, 3.63) is 0 Å². The molecule has 31 heavy (non-hydrogen) atoms. The molecule has 0 unspecified atom stereocenters. The molecule has 0 aromatic rings. The predicted molar refractivity (Wildman–Crippen MR) is 94.0 cm³/mol. The summed E-state index contributed by atoms with van der Waals surface area (Å²) >= 11 is 0. The first-order valence-electron chi connectivity index (χ1n) is 9.60. The standard InChI is InChI=1S/C17H27NO13/c1-5(21)18-8-10(23)9(22)6(3-19)28-15(8)29-13-12-11(7(4-20)27-14(13)24)30-17(2,31-12)16(25)26/h6-15,19-20,22-24H,3-4H2,1-2H3,(H,18,21)(H,25,26)/t6-,7-,8-,9-,10-,11+,12+,13-,14-,15+,17+/m1/s1. The lowest BCUT2D eigenvalue weighted by molar-refractivity contribution is -0.338. The van der Waals surface area contributed by atoms with Crippen molar-refractivity contribution in [2.75, 3.05) is 13.2 Å². The number of aliphatic hydroxyl groups is 5. The second kappa shape index (κ2) is 9.19. The zero-order chi connectivity index (χ0) is 23.1. The van der Waals surface area contributed by atoms with Crippen LogP contribution in [-0.4, -0.2) is 123 Å². The number of carbonyl (C=O) groups excluding carboxylic acids is 1. The minimum atomic E-state index is -2.12. The van der Waals surface area contributed by atoms with Gasteiger partial charge in [-0.1, -0.05) is 0 Å². The summed E-state index contributed by atoms with van der Waals surface area (Å²) < 4.78 is 27.4. The van der Waals surface area contributed by atoms with Crippen molar-refractivity contribution in [1.29, 1.82) is 0 Å². The maximum Gasteiger partial charge on any atom is 0.364 e. The number of nitrogens with one attached hydrogen (secondary N) is 1. The zero-order valence-corrected chi connectivity index (χ0v) is 16.7. The summed E-state index contributed by atoms with van der Waals surface area (Å²) in [6, 6.07) is -1.32. The van der Waals surface area contributed by atoms with Gasteiger partial charge in [0.15, 0.2) is 12.6 Å². The number of hydrogen-bond donors (Lipinski definition) is 7. The fraction of sp³-hybridized carbons (Fsp3) is 0.882. The Kier molecular flexibility index (Phi) is 7.17. The number of fused-ring (bicyclic) bond motifs is 1. The van der Waals surface area contributed by atoms with E-state index in [1.165, 1.54) is 0 Å². The molecule has 3 aliphatic heterocycles. The summed E-state index contributed by atoms with van der Waals surface area (Å²) in [6.07, 6.45) is -12.7. The molecule has 14 heteroatoms. The molecule has 3 aliphatic rings. The SMILES string of the molecule is CC(=O)N[C@H]1[C@H](O[C@@H]2[C@H]3O[C@@](C)(C(=O)O)O[C@H]3[C@@H](CO)O[C@H]2O)O[C@H](CO)[C@@H](O)[C@@H]1O. The van der Waals surface area contributed by atoms with E-state index in [9.17, 15) is 40.2 Å². The third-order valence-corrected chi connectivity index (χ3v) is 5.44. The predicted octanol–water partition coefficient (Wildman–Crippen LogP) is -4.39. The lowest BCUT2D eigenvalue weighted by Crippen LogP contribution is -2.67. The largest absolute Gasteiger partial charge is 0.477 e. The number of carbonyl (C=O) groups is 2. The monoisotopic (exact) mass is 453 g/mol. The highest BCUT2D eigenvalue weighted by atomic mass is 16.8. The summed E-state index contributed by atoms with van der Waals surface area (Å²) in [5, 5.41) is 61.6.